The SMILES string of the molecule is O=C(O)c1cc(Br)cnc1Oc1ccc(Br)cc1F. The van der Waals surface area contributed by atoms with Gasteiger partial charge in [-0.05, 0) is 40.2 Å². The van der Waals surface area contributed by atoms with E-state index in [-0.39, 0.29) is 17.2 Å². The lowest BCUT2D eigenvalue weighted by atomic mass is 10.2. The van der Waals surface area contributed by atoms with Gasteiger partial charge in [-0.25, -0.2) is 14.2 Å². The predicted molar refractivity (Wildman–Crippen MR) is 73.1 cm³/mol. The van der Waals surface area contributed by atoms with E-state index in [1.54, 1.807) is 6.07 Å². The summed E-state index contributed by atoms with van der Waals surface area (Å²) in [5.41, 5.74) is -0.156. The van der Waals surface area contributed by atoms with Crippen LogP contribution < -0.4 is 4.74 Å². The summed E-state index contributed by atoms with van der Waals surface area (Å²) in [5.74, 6) is -2.09. The molecule has 0 saturated carbocycles. The number of nitrogens with zero attached hydrogens (tertiary/aromatic N) is 1. The third kappa shape index (κ3) is 3.30. The van der Waals surface area contributed by atoms with Crippen LogP contribution in [0.5, 0.6) is 11.6 Å². The normalized spacial score (nSPS) is 10.3. The van der Waals surface area contributed by atoms with Gasteiger partial charge in [0.1, 0.15) is 5.56 Å². The number of halogens is 3. The third-order valence-electron chi connectivity index (χ3n) is 2.15. The average Bonchev–Trinajstić information content (AvgIpc) is 2.34. The van der Waals surface area contributed by atoms with Crippen LogP contribution >= 0.6 is 31.9 Å². The van der Waals surface area contributed by atoms with Gasteiger partial charge in [0, 0.05) is 15.1 Å². The van der Waals surface area contributed by atoms with E-state index in [1.807, 2.05) is 0 Å². The molecule has 19 heavy (non-hydrogen) atoms. The fourth-order valence-electron chi connectivity index (χ4n) is 1.32. The number of hydrogen-bond acceptors (Lipinski definition) is 3. The van der Waals surface area contributed by atoms with Gasteiger partial charge < -0.3 is 9.84 Å². The summed E-state index contributed by atoms with van der Waals surface area (Å²) >= 11 is 6.23. The molecule has 0 fully saturated rings. The Labute approximate surface area is 124 Å². The zero-order valence-corrected chi connectivity index (χ0v) is 12.4. The van der Waals surface area contributed by atoms with Gasteiger partial charge in [0.15, 0.2) is 11.6 Å². The van der Waals surface area contributed by atoms with Crippen LogP contribution in [0.2, 0.25) is 0 Å². The Hall–Kier alpha value is -1.47. The van der Waals surface area contributed by atoms with E-state index in [0.717, 1.165) is 0 Å². The van der Waals surface area contributed by atoms with Crippen molar-refractivity contribution in [3.63, 3.8) is 0 Å². The summed E-state index contributed by atoms with van der Waals surface area (Å²) in [6.45, 7) is 0. The molecule has 1 aromatic heterocycles. The minimum Gasteiger partial charge on any atom is -0.477 e. The Kier molecular flexibility index (Phi) is 4.16. The summed E-state index contributed by atoms with van der Waals surface area (Å²) < 4.78 is 19.9. The molecule has 0 spiro atoms. The zero-order chi connectivity index (χ0) is 14.0. The second-order valence-corrected chi connectivity index (χ2v) is 5.32. The maximum atomic E-state index is 13.6. The van der Waals surface area contributed by atoms with Gasteiger partial charge >= 0.3 is 5.97 Å². The van der Waals surface area contributed by atoms with Crippen LogP contribution in [0.25, 0.3) is 0 Å². The van der Waals surface area contributed by atoms with Crippen molar-refractivity contribution in [2.75, 3.05) is 0 Å². The molecule has 0 aliphatic rings. The number of hydrogen-bond donors (Lipinski definition) is 1. The highest BCUT2D eigenvalue weighted by Crippen LogP contribution is 2.29. The van der Waals surface area contributed by atoms with Crippen molar-refractivity contribution >= 4 is 37.8 Å². The monoisotopic (exact) mass is 389 g/mol. The lowest BCUT2D eigenvalue weighted by Gasteiger charge is -2.08. The largest absolute Gasteiger partial charge is 0.477 e. The van der Waals surface area contributed by atoms with Gasteiger partial charge in [0.2, 0.25) is 5.88 Å². The van der Waals surface area contributed by atoms with Crippen molar-refractivity contribution in [1.29, 1.82) is 0 Å². The lowest BCUT2D eigenvalue weighted by molar-refractivity contribution is 0.0693. The van der Waals surface area contributed by atoms with E-state index in [9.17, 15) is 9.18 Å². The van der Waals surface area contributed by atoms with E-state index < -0.39 is 11.8 Å². The molecule has 4 nitrogen and oxygen atoms in total. The van der Waals surface area contributed by atoms with Crippen molar-refractivity contribution in [2.45, 2.75) is 0 Å². The quantitative estimate of drug-likeness (QED) is 0.851. The summed E-state index contributed by atoms with van der Waals surface area (Å²) in [7, 11) is 0. The van der Waals surface area contributed by atoms with Gasteiger partial charge in [-0.1, -0.05) is 15.9 Å². The number of aromatic nitrogens is 1. The van der Waals surface area contributed by atoms with Gasteiger partial charge in [0.05, 0.1) is 0 Å². The van der Waals surface area contributed by atoms with Crippen molar-refractivity contribution in [1.82, 2.24) is 4.98 Å². The molecular weight excluding hydrogens is 385 g/mol. The van der Waals surface area contributed by atoms with Crippen molar-refractivity contribution in [3.05, 3.63) is 50.8 Å². The molecule has 0 aliphatic heterocycles. The van der Waals surface area contributed by atoms with Gasteiger partial charge in [-0.2, -0.15) is 0 Å². The molecule has 1 N–H and O–H groups in total. The molecule has 1 heterocycles. The highest BCUT2D eigenvalue weighted by atomic mass is 79.9. The standard InChI is InChI=1S/C12H6Br2FNO3/c13-6-1-2-10(9(15)4-6)19-11-8(12(17)18)3-7(14)5-16-11/h1-5H,(H,17,18). The minimum absolute atomic E-state index is 0.0967. The Morgan fingerprint density at radius 1 is 1.26 bits per heavy atom. The number of carboxylic acids is 1. The predicted octanol–water partition coefficient (Wildman–Crippen LogP) is 4.24. The second kappa shape index (κ2) is 5.66. The zero-order valence-electron chi connectivity index (χ0n) is 9.23. The Balaban J connectivity index is 2.40. The van der Waals surface area contributed by atoms with Crippen LogP contribution in [0.4, 0.5) is 4.39 Å². The molecule has 0 radical (unpaired) electrons. The Morgan fingerprint density at radius 3 is 2.63 bits per heavy atom. The van der Waals surface area contributed by atoms with Crippen molar-refractivity contribution in [2.24, 2.45) is 0 Å². The molecule has 2 aromatic rings. The molecular formula is C12H6Br2FNO3. The molecule has 1 aromatic carbocycles. The summed E-state index contributed by atoms with van der Waals surface area (Å²) in [5, 5.41) is 9.04. The Bertz CT molecular complexity index is 649. The molecule has 2 rings (SSSR count). The molecule has 0 aliphatic carbocycles. The minimum atomic E-state index is -1.21. The molecule has 7 heteroatoms. The molecule has 0 atom stereocenters. The van der Waals surface area contributed by atoms with Gasteiger partial charge in [0.25, 0.3) is 0 Å². The number of rotatable bonds is 3. The summed E-state index contributed by atoms with van der Waals surface area (Å²) in [4.78, 5) is 14.9. The number of carbonyl (C=O) groups is 1. The van der Waals surface area contributed by atoms with E-state index in [1.165, 1.54) is 24.4 Å². The molecule has 0 bridgehead atoms. The van der Waals surface area contributed by atoms with E-state index >= 15 is 0 Å². The average molecular weight is 391 g/mol. The van der Waals surface area contributed by atoms with E-state index in [4.69, 9.17) is 9.84 Å². The Morgan fingerprint density at radius 2 is 2.00 bits per heavy atom. The first-order valence-corrected chi connectivity index (χ1v) is 6.57. The number of aromatic carboxylic acids is 1. The fraction of sp³-hybridized carbons (Fsp3) is 0. The van der Waals surface area contributed by atoms with E-state index in [2.05, 4.69) is 36.8 Å². The maximum Gasteiger partial charge on any atom is 0.341 e. The van der Waals surface area contributed by atoms with Crippen molar-refractivity contribution < 1.29 is 19.0 Å². The van der Waals surface area contributed by atoms with Crippen LogP contribution in [-0.4, -0.2) is 16.1 Å². The fourth-order valence-corrected chi connectivity index (χ4v) is 1.99. The van der Waals surface area contributed by atoms with Crippen molar-refractivity contribution in [3.8, 4) is 11.6 Å². The number of ether oxygens (including phenoxy) is 1. The molecule has 0 saturated heterocycles. The first-order chi connectivity index (χ1) is 8.97. The molecule has 0 unspecified atom stereocenters. The number of benzene rings is 1. The van der Waals surface area contributed by atoms with Crippen LogP contribution in [-0.2, 0) is 0 Å². The van der Waals surface area contributed by atoms with Crippen LogP contribution in [0.15, 0.2) is 39.4 Å². The van der Waals surface area contributed by atoms with E-state index in [0.29, 0.717) is 8.95 Å². The summed E-state index contributed by atoms with van der Waals surface area (Å²) in [6, 6.07) is 5.52. The highest BCUT2D eigenvalue weighted by Gasteiger charge is 2.16. The highest BCUT2D eigenvalue weighted by molar-refractivity contribution is 9.10. The van der Waals surface area contributed by atoms with Gasteiger partial charge in [-0.15, -0.1) is 0 Å². The van der Waals surface area contributed by atoms with Gasteiger partial charge in [-0.3, -0.25) is 0 Å². The van der Waals surface area contributed by atoms with Crippen LogP contribution in [0, 0.1) is 5.82 Å². The smallest absolute Gasteiger partial charge is 0.341 e. The number of pyridine rings is 1. The first kappa shape index (κ1) is 14.0. The lowest BCUT2D eigenvalue weighted by Crippen LogP contribution is -2.02. The topological polar surface area (TPSA) is 59.4 Å². The second-order valence-electron chi connectivity index (χ2n) is 3.49. The maximum absolute atomic E-state index is 13.6. The first-order valence-electron chi connectivity index (χ1n) is 4.99. The molecule has 98 valence electrons. The third-order valence-corrected chi connectivity index (χ3v) is 3.08. The van der Waals surface area contributed by atoms with Crippen LogP contribution in [0.1, 0.15) is 10.4 Å². The number of carboxylic acid groups (broad SMARTS) is 1. The molecule has 0 amide bonds. The van der Waals surface area contributed by atoms with Crippen LogP contribution in [0.3, 0.4) is 0 Å². The summed E-state index contributed by atoms with van der Waals surface area (Å²) in [6.07, 6.45) is 1.37.